The van der Waals surface area contributed by atoms with Gasteiger partial charge in [-0.25, -0.2) is 4.63 Å². The first-order valence-electron chi connectivity index (χ1n) is 6.23. The number of benzene rings is 1. The minimum absolute atomic E-state index is 0.188. The Balaban J connectivity index is 1.80. The SMILES string of the molecule is Cc1nonc1C(=O)NC(C)c1cc2ccccc2o1. The fourth-order valence-electron chi connectivity index (χ4n) is 1.99. The van der Waals surface area contributed by atoms with Crippen molar-refractivity contribution < 1.29 is 13.8 Å². The maximum Gasteiger partial charge on any atom is 0.276 e. The van der Waals surface area contributed by atoms with E-state index in [0.29, 0.717) is 11.5 Å². The van der Waals surface area contributed by atoms with Crippen LogP contribution in [0.3, 0.4) is 0 Å². The first-order chi connectivity index (χ1) is 9.65. The molecule has 0 aliphatic heterocycles. The Morgan fingerprint density at radius 3 is 2.80 bits per heavy atom. The molecule has 1 atom stereocenters. The zero-order chi connectivity index (χ0) is 14.1. The predicted molar refractivity (Wildman–Crippen MR) is 71.1 cm³/mol. The summed E-state index contributed by atoms with van der Waals surface area (Å²) in [6.45, 7) is 3.51. The number of hydrogen-bond acceptors (Lipinski definition) is 5. The van der Waals surface area contributed by atoms with Gasteiger partial charge in [0.1, 0.15) is 17.0 Å². The lowest BCUT2D eigenvalue weighted by molar-refractivity contribution is 0.0925. The molecule has 102 valence electrons. The van der Waals surface area contributed by atoms with E-state index in [0.717, 1.165) is 11.0 Å². The van der Waals surface area contributed by atoms with E-state index in [-0.39, 0.29) is 17.6 Å². The number of furan rings is 1. The largest absolute Gasteiger partial charge is 0.459 e. The number of nitrogens with zero attached hydrogens (tertiary/aromatic N) is 2. The number of fused-ring (bicyclic) bond motifs is 1. The summed E-state index contributed by atoms with van der Waals surface area (Å²) in [5, 5.41) is 11.0. The number of rotatable bonds is 3. The summed E-state index contributed by atoms with van der Waals surface area (Å²) in [4.78, 5) is 12.0. The maximum absolute atomic E-state index is 12.0. The lowest BCUT2D eigenvalue weighted by atomic mass is 10.2. The van der Waals surface area contributed by atoms with E-state index in [1.807, 2.05) is 37.3 Å². The molecule has 0 aliphatic carbocycles. The minimum Gasteiger partial charge on any atom is -0.459 e. The molecule has 0 bridgehead atoms. The van der Waals surface area contributed by atoms with E-state index >= 15 is 0 Å². The molecule has 20 heavy (non-hydrogen) atoms. The monoisotopic (exact) mass is 271 g/mol. The summed E-state index contributed by atoms with van der Waals surface area (Å²) in [5.74, 6) is 0.352. The predicted octanol–water partition coefficient (Wildman–Crippen LogP) is 2.62. The second-order valence-electron chi connectivity index (χ2n) is 4.58. The lowest BCUT2D eigenvalue weighted by Crippen LogP contribution is -2.27. The zero-order valence-electron chi connectivity index (χ0n) is 11.1. The quantitative estimate of drug-likeness (QED) is 0.791. The van der Waals surface area contributed by atoms with E-state index < -0.39 is 0 Å². The second kappa shape index (κ2) is 4.80. The molecule has 0 saturated carbocycles. The fraction of sp³-hybridized carbons (Fsp3) is 0.214. The highest BCUT2D eigenvalue weighted by Gasteiger charge is 2.19. The number of hydrogen-bond donors (Lipinski definition) is 1. The van der Waals surface area contributed by atoms with Crippen LogP contribution >= 0.6 is 0 Å². The molecule has 2 heterocycles. The molecule has 6 nitrogen and oxygen atoms in total. The van der Waals surface area contributed by atoms with Crippen molar-refractivity contribution in [1.29, 1.82) is 0 Å². The maximum atomic E-state index is 12.0. The van der Waals surface area contributed by atoms with Crippen LogP contribution in [0, 0.1) is 6.92 Å². The summed E-state index contributed by atoms with van der Waals surface area (Å²) in [6, 6.07) is 9.33. The molecular formula is C14H13N3O3. The van der Waals surface area contributed by atoms with Crippen LogP contribution in [0.1, 0.15) is 34.9 Å². The Morgan fingerprint density at radius 1 is 1.30 bits per heavy atom. The van der Waals surface area contributed by atoms with Crippen LogP contribution in [0.25, 0.3) is 11.0 Å². The molecule has 1 amide bonds. The van der Waals surface area contributed by atoms with Crippen molar-refractivity contribution in [3.05, 3.63) is 47.5 Å². The number of nitrogens with one attached hydrogen (secondary N) is 1. The van der Waals surface area contributed by atoms with Crippen LogP contribution in [-0.4, -0.2) is 16.2 Å². The number of carbonyl (C=O) groups is 1. The van der Waals surface area contributed by atoms with Gasteiger partial charge in [0.15, 0.2) is 5.69 Å². The van der Waals surface area contributed by atoms with Crippen molar-refractivity contribution in [2.75, 3.05) is 0 Å². The highest BCUT2D eigenvalue weighted by atomic mass is 16.6. The molecule has 1 unspecified atom stereocenters. The molecule has 2 aromatic heterocycles. The number of para-hydroxylation sites is 1. The van der Waals surface area contributed by atoms with Gasteiger partial charge >= 0.3 is 0 Å². The van der Waals surface area contributed by atoms with Gasteiger partial charge in [0.2, 0.25) is 0 Å². The summed E-state index contributed by atoms with van der Waals surface area (Å²) in [6.07, 6.45) is 0. The third-order valence-corrected chi connectivity index (χ3v) is 3.09. The highest BCUT2D eigenvalue weighted by Crippen LogP contribution is 2.23. The van der Waals surface area contributed by atoms with Crippen LogP contribution in [0.2, 0.25) is 0 Å². The van der Waals surface area contributed by atoms with E-state index in [9.17, 15) is 4.79 Å². The van der Waals surface area contributed by atoms with Crippen LogP contribution in [0.5, 0.6) is 0 Å². The van der Waals surface area contributed by atoms with E-state index in [1.165, 1.54) is 0 Å². The Labute approximate surface area is 114 Å². The molecule has 0 aliphatic rings. The third kappa shape index (κ3) is 2.16. The number of aromatic nitrogens is 2. The van der Waals surface area contributed by atoms with Gasteiger partial charge in [0, 0.05) is 5.39 Å². The lowest BCUT2D eigenvalue weighted by Gasteiger charge is -2.09. The molecular weight excluding hydrogens is 258 g/mol. The molecule has 3 aromatic rings. The van der Waals surface area contributed by atoms with Gasteiger partial charge in [0.05, 0.1) is 6.04 Å². The Bertz CT molecular complexity index is 727. The number of aryl methyl sites for hydroxylation is 1. The normalized spacial score (nSPS) is 12.5. The first kappa shape index (κ1) is 12.4. The third-order valence-electron chi connectivity index (χ3n) is 3.09. The molecule has 1 N–H and O–H groups in total. The first-order valence-corrected chi connectivity index (χ1v) is 6.23. The standard InChI is InChI=1S/C14H13N3O3/c1-8(15-14(18)13-9(2)16-20-17-13)12-7-10-5-3-4-6-11(10)19-12/h3-8H,1-2H3,(H,15,18). The van der Waals surface area contributed by atoms with Gasteiger partial charge in [-0.05, 0) is 31.1 Å². The van der Waals surface area contributed by atoms with Crippen molar-refractivity contribution in [1.82, 2.24) is 15.6 Å². The van der Waals surface area contributed by atoms with Crippen LogP contribution in [0.4, 0.5) is 0 Å². The molecule has 1 aromatic carbocycles. The fourth-order valence-corrected chi connectivity index (χ4v) is 1.99. The van der Waals surface area contributed by atoms with Crippen molar-refractivity contribution in [3.8, 4) is 0 Å². The molecule has 0 saturated heterocycles. The zero-order valence-corrected chi connectivity index (χ0v) is 11.1. The number of carbonyl (C=O) groups excluding carboxylic acids is 1. The van der Waals surface area contributed by atoms with E-state index in [1.54, 1.807) is 6.92 Å². The highest BCUT2D eigenvalue weighted by molar-refractivity contribution is 5.93. The Hall–Kier alpha value is -2.63. The van der Waals surface area contributed by atoms with Gasteiger partial charge in [-0.15, -0.1) is 0 Å². The van der Waals surface area contributed by atoms with Crippen LogP contribution < -0.4 is 5.32 Å². The van der Waals surface area contributed by atoms with Crippen LogP contribution in [-0.2, 0) is 0 Å². The van der Waals surface area contributed by atoms with Gasteiger partial charge in [0.25, 0.3) is 5.91 Å². The number of amides is 1. The van der Waals surface area contributed by atoms with Crippen molar-refractivity contribution in [2.24, 2.45) is 0 Å². The summed E-state index contributed by atoms with van der Waals surface area (Å²) < 4.78 is 10.2. The summed E-state index contributed by atoms with van der Waals surface area (Å²) in [7, 11) is 0. The summed E-state index contributed by atoms with van der Waals surface area (Å²) >= 11 is 0. The van der Waals surface area contributed by atoms with Crippen LogP contribution in [0.15, 0.2) is 39.4 Å². The van der Waals surface area contributed by atoms with Gasteiger partial charge < -0.3 is 9.73 Å². The molecule has 3 rings (SSSR count). The van der Waals surface area contributed by atoms with E-state index in [4.69, 9.17) is 4.42 Å². The Morgan fingerprint density at radius 2 is 2.10 bits per heavy atom. The van der Waals surface area contributed by atoms with Gasteiger partial charge in [-0.1, -0.05) is 23.4 Å². The van der Waals surface area contributed by atoms with E-state index in [2.05, 4.69) is 20.3 Å². The Kier molecular flexibility index (Phi) is 2.98. The van der Waals surface area contributed by atoms with Crippen molar-refractivity contribution >= 4 is 16.9 Å². The second-order valence-corrected chi connectivity index (χ2v) is 4.58. The van der Waals surface area contributed by atoms with Crippen molar-refractivity contribution in [3.63, 3.8) is 0 Å². The van der Waals surface area contributed by atoms with Crippen molar-refractivity contribution in [2.45, 2.75) is 19.9 Å². The minimum atomic E-state index is -0.336. The smallest absolute Gasteiger partial charge is 0.276 e. The topological polar surface area (TPSA) is 81.2 Å². The van der Waals surface area contributed by atoms with Gasteiger partial charge in [-0.2, -0.15) is 0 Å². The average Bonchev–Trinajstić information content (AvgIpc) is 3.04. The molecule has 6 heteroatoms. The molecule has 0 spiro atoms. The molecule has 0 radical (unpaired) electrons. The summed E-state index contributed by atoms with van der Waals surface area (Å²) in [5.41, 5.74) is 1.44. The van der Waals surface area contributed by atoms with Gasteiger partial charge in [-0.3, -0.25) is 4.79 Å². The molecule has 0 fully saturated rings. The average molecular weight is 271 g/mol.